The van der Waals surface area contributed by atoms with Crippen LogP contribution in [0.1, 0.15) is 45.4 Å². The average molecular weight is 159 g/mol. The van der Waals surface area contributed by atoms with Gasteiger partial charge in [-0.3, -0.25) is 0 Å². The summed E-state index contributed by atoms with van der Waals surface area (Å²) in [5.41, 5.74) is 0. The van der Waals surface area contributed by atoms with E-state index in [0.29, 0.717) is 6.42 Å². The van der Waals surface area contributed by atoms with E-state index in [-0.39, 0.29) is 6.61 Å². The topological polar surface area (TPSA) is 40.1 Å². The second-order valence-corrected chi connectivity index (χ2v) is 3.02. The maximum atomic E-state index is 10.1. The molecule has 0 amide bonds. The highest BCUT2D eigenvalue weighted by Crippen LogP contribution is 2.06. The Hall–Kier alpha value is -0.0800. The highest BCUT2D eigenvalue weighted by Gasteiger charge is 2.00. The maximum Gasteiger partial charge on any atom is 0.108 e. The fourth-order valence-electron chi connectivity index (χ4n) is 1.07. The summed E-state index contributed by atoms with van der Waals surface area (Å²) in [6.07, 6.45) is 6.00. The summed E-state index contributed by atoms with van der Waals surface area (Å²) in [4.78, 5) is 0. The minimum absolute atomic E-state index is 0.340. The average Bonchev–Trinajstić information content (AvgIpc) is 2.04. The van der Waals surface area contributed by atoms with Gasteiger partial charge >= 0.3 is 0 Å². The smallest absolute Gasteiger partial charge is 0.108 e. The lowest BCUT2D eigenvalue weighted by Gasteiger charge is -2.04. The molecule has 1 radical (unpaired) electrons. The molecule has 2 heteroatoms. The van der Waals surface area contributed by atoms with Crippen molar-refractivity contribution in [3.8, 4) is 0 Å². The Labute approximate surface area is 69.2 Å². The van der Waals surface area contributed by atoms with E-state index >= 15 is 0 Å². The van der Waals surface area contributed by atoms with Crippen molar-refractivity contribution in [1.82, 2.24) is 0 Å². The molecule has 0 rings (SSSR count). The van der Waals surface area contributed by atoms with Gasteiger partial charge in [-0.05, 0) is 6.42 Å². The van der Waals surface area contributed by atoms with Crippen LogP contribution >= 0.6 is 0 Å². The van der Waals surface area contributed by atoms with Gasteiger partial charge in [0, 0.05) is 0 Å². The Morgan fingerprint density at radius 3 is 2.36 bits per heavy atom. The Kier molecular flexibility index (Phi) is 7.96. The highest BCUT2D eigenvalue weighted by molar-refractivity contribution is 4.52. The molecule has 0 spiro atoms. The lowest BCUT2D eigenvalue weighted by Crippen LogP contribution is -2.09. The van der Waals surface area contributed by atoms with E-state index in [0.717, 1.165) is 12.8 Å². The third kappa shape index (κ3) is 7.82. The summed E-state index contributed by atoms with van der Waals surface area (Å²) in [6.45, 7) is 1.83. The zero-order valence-corrected chi connectivity index (χ0v) is 7.38. The summed E-state index contributed by atoms with van der Waals surface area (Å²) < 4.78 is 0. The van der Waals surface area contributed by atoms with E-state index in [9.17, 15) is 5.11 Å². The predicted molar refractivity (Wildman–Crippen MR) is 44.9 cm³/mol. The van der Waals surface area contributed by atoms with Gasteiger partial charge < -0.3 is 5.11 Å². The van der Waals surface area contributed by atoms with Crippen LogP contribution in [0.4, 0.5) is 0 Å². The molecule has 0 aromatic rings. The van der Waals surface area contributed by atoms with Crippen molar-refractivity contribution in [1.29, 1.82) is 0 Å². The second kappa shape index (κ2) is 8.02. The van der Waals surface area contributed by atoms with Crippen LogP contribution < -0.4 is 0 Å². The van der Waals surface area contributed by atoms with Gasteiger partial charge in [-0.2, -0.15) is 0 Å². The molecule has 0 aromatic carbocycles. The molecular weight excluding hydrogens is 140 g/mol. The van der Waals surface area contributed by atoms with E-state index in [4.69, 9.17) is 5.11 Å². The number of hydrogen-bond donors (Lipinski definition) is 1. The molecule has 0 fully saturated rings. The third-order valence-electron chi connectivity index (χ3n) is 1.83. The van der Waals surface area contributed by atoms with E-state index in [1.807, 2.05) is 0 Å². The quantitative estimate of drug-likeness (QED) is 0.568. The third-order valence-corrected chi connectivity index (χ3v) is 1.83. The first-order valence-corrected chi connectivity index (χ1v) is 4.57. The highest BCUT2D eigenvalue weighted by atomic mass is 16.3. The lowest BCUT2D eigenvalue weighted by molar-refractivity contribution is 0.0485. The monoisotopic (exact) mass is 159 g/mol. The molecule has 2 nitrogen and oxygen atoms in total. The van der Waals surface area contributed by atoms with Gasteiger partial charge in [-0.25, -0.2) is 5.11 Å². The number of aliphatic hydroxyl groups is 1. The molecule has 1 atom stereocenters. The molecule has 1 N–H and O–H groups in total. The molecule has 67 valence electrons. The molecule has 0 saturated carbocycles. The Morgan fingerprint density at radius 1 is 1.18 bits per heavy atom. The zero-order valence-electron chi connectivity index (χ0n) is 7.38. The van der Waals surface area contributed by atoms with E-state index in [1.54, 1.807) is 0 Å². The molecule has 0 aliphatic rings. The van der Waals surface area contributed by atoms with Crippen molar-refractivity contribution in [2.75, 3.05) is 6.61 Å². The van der Waals surface area contributed by atoms with Crippen molar-refractivity contribution < 1.29 is 10.2 Å². The second-order valence-electron chi connectivity index (χ2n) is 3.02. The fourth-order valence-corrected chi connectivity index (χ4v) is 1.07. The first-order chi connectivity index (χ1) is 5.31. The first kappa shape index (κ1) is 10.9. The van der Waals surface area contributed by atoms with E-state index < -0.39 is 6.10 Å². The van der Waals surface area contributed by atoms with E-state index in [2.05, 4.69) is 6.92 Å². The van der Waals surface area contributed by atoms with Gasteiger partial charge in [0.15, 0.2) is 0 Å². The van der Waals surface area contributed by atoms with Crippen LogP contribution in [0.15, 0.2) is 0 Å². The largest absolute Gasteiger partial charge is 0.391 e. The lowest BCUT2D eigenvalue weighted by atomic mass is 10.1. The summed E-state index contributed by atoms with van der Waals surface area (Å²) >= 11 is 0. The molecule has 0 aliphatic heterocycles. The molecule has 0 aromatic heterocycles. The number of unbranched alkanes of at least 4 members (excludes halogenated alkanes) is 4. The van der Waals surface area contributed by atoms with Crippen LogP contribution in [-0.4, -0.2) is 17.8 Å². The summed E-state index contributed by atoms with van der Waals surface area (Å²) in [5.74, 6) is 0. The van der Waals surface area contributed by atoms with Gasteiger partial charge in [0.25, 0.3) is 0 Å². The Bertz CT molecular complexity index is 74.0. The molecule has 0 bridgehead atoms. The van der Waals surface area contributed by atoms with Gasteiger partial charge in [-0.15, -0.1) is 0 Å². The van der Waals surface area contributed by atoms with Crippen molar-refractivity contribution in [3.05, 3.63) is 0 Å². The summed E-state index contributed by atoms with van der Waals surface area (Å²) in [5, 5.41) is 19.0. The summed E-state index contributed by atoms with van der Waals surface area (Å²) in [7, 11) is 0. The van der Waals surface area contributed by atoms with Crippen LogP contribution in [0.25, 0.3) is 0 Å². The zero-order chi connectivity index (χ0) is 8.53. The molecule has 0 aliphatic carbocycles. The number of aliphatic hydroxyl groups excluding tert-OH is 1. The SMILES string of the molecule is CCCCCCCC(O)C[O]. The van der Waals surface area contributed by atoms with Gasteiger partial charge in [0.1, 0.15) is 6.61 Å². The van der Waals surface area contributed by atoms with Crippen LogP contribution in [0, 0.1) is 0 Å². The Balaban J connectivity index is 2.89. The van der Waals surface area contributed by atoms with Crippen molar-refractivity contribution in [2.45, 2.75) is 51.6 Å². The molecule has 1 unspecified atom stereocenters. The minimum atomic E-state index is -0.600. The van der Waals surface area contributed by atoms with Crippen LogP contribution in [-0.2, 0) is 5.11 Å². The number of hydrogen-bond acceptors (Lipinski definition) is 1. The van der Waals surface area contributed by atoms with Crippen molar-refractivity contribution >= 4 is 0 Å². The van der Waals surface area contributed by atoms with Gasteiger partial charge in [-0.1, -0.05) is 39.0 Å². The minimum Gasteiger partial charge on any atom is -0.391 e. The predicted octanol–water partition coefficient (Wildman–Crippen LogP) is 2.14. The van der Waals surface area contributed by atoms with Crippen molar-refractivity contribution in [2.24, 2.45) is 0 Å². The Morgan fingerprint density at radius 2 is 1.82 bits per heavy atom. The molecule has 0 heterocycles. The fraction of sp³-hybridized carbons (Fsp3) is 1.00. The van der Waals surface area contributed by atoms with Gasteiger partial charge in [0.2, 0.25) is 0 Å². The van der Waals surface area contributed by atoms with Crippen LogP contribution in [0.2, 0.25) is 0 Å². The molecule has 11 heavy (non-hydrogen) atoms. The first-order valence-electron chi connectivity index (χ1n) is 4.57. The van der Waals surface area contributed by atoms with Crippen molar-refractivity contribution in [3.63, 3.8) is 0 Å². The standard InChI is InChI=1S/C9H19O2/c1-2-3-4-5-6-7-9(11)8-10/h9,11H,2-8H2,1H3. The van der Waals surface area contributed by atoms with Gasteiger partial charge in [0.05, 0.1) is 6.10 Å². The molecular formula is C9H19O2. The van der Waals surface area contributed by atoms with E-state index in [1.165, 1.54) is 19.3 Å². The number of rotatable bonds is 7. The molecule has 0 saturated heterocycles. The summed E-state index contributed by atoms with van der Waals surface area (Å²) in [6, 6.07) is 0. The maximum absolute atomic E-state index is 10.1. The van der Waals surface area contributed by atoms with Crippen LogP contribution in [0.5, 0.6) is 0 Å². The van der Waals surface area contributed by atoms with Crippen LogP contribution in [0.3, 0.4) is 0 Å². The normalized spacial score (nSPS) is 13.4.